The van der Waals surface area contributed by atoms with Gasteiger partial charge in [0.15, 0.2) is 0 Å². The van der Waals surface area contributed by atoms with Gasteiger partial charge in [0.25, 0.3) is 5.91 Å². The fourth-order valence-corrected chi connectivity index (χ4v) is 2.66. The molecule has 0 aromatic heterocycles. The van der Waals surface area contributed by atoms with Crippen LogP contribution in [0.3, 0.4) is 0 Å². The first-order chi connectivity index (χ1) is 9.79. The van der Waals surface area contributed by atoms with Crippen molar-refractivity contribution < 1.29 is 9.53 Å². The van der Waals surface area contributed by atoms with Crippen LogP contribution in [0.1, 0.15) is 21.5 Å². The van der Waals surface area contributed by atoms with Crippen molar-refractivity contribution in [1.82, 2.24) is 0 Å². The number of carbonyl (C=O) groups excluding carboxylic acids is 1. The van der Waals surface area contributed by atoms with Crippen LogP contribution >= 0.6 is 0 Å². The second kappa shape index (κ2) is 5.47. The van der Waals surface area contributed by atoms with Crippen LogP contribution in [0.2, 0.25) is 0 Å². The van der Waals surface area contributed by atoms with Crippen molar-refractivity contribution in [1.29, 1.82) is 0 Å². The minimum atomic E-state index is 0.0730. The van der Waals surface area contributed by atoms with E-state index >= 15 is 0 Å². The molecule has 0 fully saturated rings. The number of nitrogens with zero attached hydrogens (tertiary/aromatic N) is 1. The van der Waals surface area contributed by atoms with E-state index in [4.69, 9.17) is 4.74 Å². The van der Waals surface area contributed by atoms with Gasteiger partial charge in [-0.3, -0.25) is 4.79 Å². The van der Waals surface area contributed by atoms with Crippen LogP contribution < -0.4 is 4.90 Å². The Hall–Kier alpha value is -2.13. The number of ether oxygens (including phenoxy) is 1. The van der Waals surface area contributed by atoms with Gasteiger partial charge in [0.2, 0.25) is 0 Å². The van der Waals surface area contributed by atoms with Crippen LogP contribution in [0.5, 0.6) is 0 Å². The van der Waals surface area contributed by atoms with Crippen molar-refractivity contribution in [2.75, 3.05) is 18.6 Å². The summed E-state index contributed by atoms with van der Waals surface area (Å²) in [5, 5.41) is 0. The summed E-state index contributed by atoms with van der Waals surface area (Å²) in [6.07, 6.45) is 0.908. The van der Waals surface area contributed by atoms with Gasteiger partial charge in [0.05, 0.1) is 6.61 Å². The summed E-state index contributed by atoms with van der Waals surface area (Å²) in [6, 6.07) is 15.6. The lowest BCUT2D eigenvalue weighted by Gasteiger charge is -2.17. The fraction of sp³-hybridized carbons (Fsp3) is 0.235. The Morgan fingerprint density at radius 1 is 1.20 bits per heavy atom. The molecule has 20 heavy (non-hydrogen) atoms. The predicted octanol–water partition coefficient (Wildman–Crippen LogP) is 3.04. The van der Waals surface area contributed by atoms with Crippen LogP contribution in [-0.4, -0.2) is 19.6 Å². The van der Waals surface area contributed by atoms with E-state index < -0.39 is 0 Å². The molecule has 0 saturated heterocycles. The zero-order chi connectivity index (χ0) is 13.9. The first kappa shape index (κ1) is 12.9. The Morgan fingerprint density at radius 3 is 2.75 bits per heavy atom. The largest absolute Gasteiger partial charge is 0.380 e. The van der Waals surface area contributed by atoms with E-state index in [0.717, 1.165) is 29.8 Å². The van der Waals surface area contributed by atoms with Crippen LogP contribution in [0.25, 0.3) is 0 Å². The summed E-state index contributed by atoms with van der Waals surface area (Å²) >= 11 is 0. The van der Waals surface area contributed by atoms with Gasteiger partial charge < -0.3 is 9.64 Å². The SMILES string of the molecule is COCc1ccc2c(c1)CCN2C(=O)c1ccccc1. The highest BCUT2D eigenvalue weighted by atomic mass is 16.5. The van der Waals surface area contributed by atoms with Crippen molar-refractivity contribution >= 4 is 11.6 Å². The van der Waals surface area contributed by atoms with Gasteiger partial charge in [-0.2, -0.15) is 0 Å². The average Bonchev–Trinajstić information content (AvgIpc) is 2.91. The second-order valence-corrected chi connectivity index (χ2v) is 4.97. The number of carbonyl (C=O) groups is 1. The summed E-state index contributed by atoms with van der Waals surface area (Å²) in [5.41, 5.74) is 4.14. The molecule has 1 heterocycles. The van der Waals surface area contributed by atoms with Gasteiger partial charge in [-0.1, -0.05) is 30.3 Å². The highest BCUT2D eigenvalue weighted by molar-refractivity contribution is 6.07. The molecule has 3 heteroatoms. The predicted molar refractivity (Wildman–Crippen MR) is 79.0 cm³/mol. The smallest absolute Gasteiger partial charge is 0.258 e. The second-order valence-electron chi connectivity index (χ2n) is 4.97. The number of hydrogen-bond acceptors (Lipinski definition) is 2. The van der Waals surface area contributed by atoms with E-state index in [2.05, 4.69) is 6.07 Å². The van der Waals surface area contributed by atoms with Gasteiger partial charge in [-0.15, -0.1) is 0 Å². The lowest BCUT2D eigenvalue weighted by atomic mass is 10.1. The summed E-state index contributed by atoms with van der Waals surface area (Å²) in [6.45, 7) is 1.36. The fourth-order valence-electron chi connectivity index (χ4n) is 2.66. The Balaban J connectivity index is 1.88. The van der Waals surface area contributed by atoms with Crippen LogP contribution in [0, 0.1) is 0 Å². The Bertz CT molecular complexity index is 622. The molecular weight excluding hydrogens is 250 g/mol. The van der Waals surface area contributed by atoms with Gasteiger partial charge in [0, 0.05) is 24.9 Å². The molecule has 1 amide bonds. The molecule has 0 aliphatic carbocycles. The van der Waals surface area contributed by atoms with Crippen LogP contribution in [0.15, 0.2) is 48.5 Å². The lowest BCUT2D eigenvalue weighted by Crippen LogP contribution is -2.28. The van der Waals surface area contributed by atoms with Crippen LogP contribution in [-0.2, 0) is 17.8 Å². The zero-order valence-corrected chi connectivity index (χ0v) is 11.5. The molecule has 0 N–H and O–H groups in total. The first-order valence-electron chi connectivity index (χ1n) is 6.77. The normalized spacial score (nSPS) is 13.3. The van der Waals surface area contributed by atoms with E-state index in [0.29, 0.717) is 6.61 Å². The number of benzene rings is 2. The minimum Gasteiger partial charge on any atom is -0.380 e. The molecule has 0 atom stereocenters. The maximum Gasteiger partial charge on any atom is 0.258 e. The molecule has 1 aliphatic rings. The summed E-state index contributed by atoms with van der Waals surface area (Å²) in [5.74, 6) is 0.0730. The van der Waals surface area contributed by atoms with E-state index in [1.54, 1.807) is 7.11 Å². The molecule has 3 nitrogen and oxygen atoms in total. The van der Waals surface area contributed by atoms with Crippen molar-refractivity contribution in [2.45, 2.75) is 13.0 Å². The third-order valence-corrected chi connectivity index (χ3v) is 3.62. The molecule has 0 bridgehead atoms. The Labute approximate surface area is 118 Å². The van der Waals surface area contributed by atoms with Gasteiger partial charge in [-0.05, 0) is 35.7 Å². The molecule has 0 saturated carbocycles. The maximum atomic E-state index is 12.5. The molecule has 0 radical (unpaired) electrons. The monoisotopic (exact) mass is 267 g/mol. The van der Waals surface area contributed by atoms with Gasteiger partial charge in [0.1, 0.15) is 0 Å². The standard InChI is InChI=1S/C17H17NO2/c1-20-12-13-7-8-16-15(11-13)9-10-18(16)17(19)14-5-3-2-4-6-14/h2-8,11H,9-10,12H2,1H3. The number of anilines is 1. The van der Waals surface area contributed by atoms with E-state index in [1.165, 1.54) is 5.56 Å². The van der Waals surface area contributed by atoms with Crippen molar-refractivity contribution in [2.24, 2.45) is 0 Å². The van der Waals surface area contributed by atoms with E-state index in [1.807, 2.05) is 47.4 Å². The number of amides is 1. The number of rotatable bonds is 3. The number of hydrogen-bond donors (Lipinski definition) is 0. The van der Waals surface area contributed by atoms with E-state index in [9.17, 15) is 4.79 Å². The van der Waals surface area contributed by atoms with Crippen LogP contribution in [0.4, 0.5) is 5.69 Å². The third-order valence-electron chi connectivity index (χ3n) is 3.62. The molecular formula is C17H17NO2. The average molecular weight is 267 g/mol. The molecule has 3 rings (SSSR count). The maximum absolute atomic E-state index is 12.5. The van der Waals surface area contributed by atoms with Crippen molar-refractivity contribution in [3.63, 3.8) is 0 Å². The highest BCUT2D eigenvalue weighted by Gasteiger charge is 2.25. The highest BCUT2D eigenvalue weighted by Crippen LogP contribution is 2.30. The summed E-state index contributed by atoms with van der Waals surface area (Å²) in [7, 11) is 1.69. The van der Waals surface area contributed by atoms with Crippen molar-refractivity contribution in [3.05, 3.63) is 65.2 Å². The Kier molecular flexibility index (Phi) is 3.52. The first-order valence-corrected chi connectivity index (χ1v) is 6.77. The molecule has 2 aromatic carbocycles. The molecule has 0 spiro atoms. The topological polar surface area (TPSA) is 29.5 Å². The zero-order valence-electron chi connectivity index (χ0n) is 11.5. The minimum absolute atomic E-state index is 0.0730. The third kappa shape index (κ3) is 2.32. The number of methoxy groups -OCH3 is 1. The van der Waals surface area contributed by atoms with Gasteiger partial charge >= 0.3 is 0 Å². The summed E-state index contributed by atoms with van der Waals surface area (Å²) in [4.78, 5) is 14.4. The molecule has 102 valence electrons. The number of fused-ring (bicyclic) bond motifs is 1. The van der Waals surface area contributed by atoms with E-state index in [-0.39, 0.29) is 5.91 Å². The Morgan fingerprint density at radius 2 is 2.00 bits per heavy atom. The van der Waals surface area contributed by atoms with Crippen molar-refractivity contribution in [3.8, 4) is 0 Å². The van der Waals surface area contributed by atoms with Gasteiger partial charge in [-0.25, -0.2) is 0 Å². The molecule has 2 aromatic rings. The summed E-state index contributed by atoms with van der Waals surface area (Å²) < 4.78 is 5.15. The molecule has 0 unspecified atom stereocenters. The lowest BCUT2D eigenvalue weighted by molar-refractivity contribution is 0.0989. The quantitative estimate of drug-likeness (QED) is 0.855. The molecule has 1 aliphatic heterocycles.